The summed E-state index contributed by atoms with van der Waals surface area (Å²) in [6.45, 7) is 9.86. The number of thiazole rings is 1. The van der Waals surface area contributed by atoms with Crippen LogP contribution >= 0.6 is 22.9 Å². The first-order chi connectivity index (χ1) is 17.8. The molecule has 0 N–H and O–H groups in total. The molecule has 0 spiro atoms. The Kier molecular flexibility index (Phi) is 10.2. The van der Waals surface area contributed by atoms with Crippen LogP contribution in [0.4, 0.5) is 5.13 Å². The first-order valence-electron chi connectivity index (χ1n) is 12.5. The molecule has 0 fully saturated rings. The van der Waals surface area contributed by atoms with Gasteiger partial charge in [0, 0.05) is 31.7 Å². The van der Waals surface area contributed by atoms with Gasteiger partial charge in [0.05, 0.1) is 21.7 Å². The van der Waals surface area contributed by atoms with Gasteiger partial charge in [-0.1, -0.05) is 50.6 Å². The summed E-state index contributed by atoms with van der Waals surface area (Å²) in [5, 5.41) is 1.03. The lowest BCUT2D eigenvalue weighted by molar-refractivity contribution is 0.0985. The summed E-state index contributed by atoms with van der Waals surface area (Å²) in [6.07, 6.45) is 0. The normalized spacial score (nSPS) is 12.3. The molecule has 0 saturated carbocycles. The van der Waals surface area contributed by atoms with Gasteiger partial charge in [0.15, 0.2) is 5.13 Å². The molecule has 0 radical (unpaired) electrons. The van der Waals surface area contributed by atoms with Crippen molar-refractivity contribution in [2.75, 3.05) is 52.3 Å². The third-order valence-corrected chi connectivity index (χ3v) is 9.18. The number of amides is 1. The van der Waals surface area contributed by atoms with Gasteiger partial charge in [-0.3, -0.25) is 9.69 Å². The van der Waals surface area contributed by atoms with E-state index >= 15 is 0 Å². The van der Waals surface area contributed by atoms with Crippen LogP contribution in [-0.2, 0) is 10.0 Å². The summed E-state index contributed by atoms with van der Waals surface area (Å²) in [5.41, 5.74) is 0.971. The van der Waals surface area contributed by atoms with Crippen molar-refractivity contribution in [2.24, 2.45) is 11.8 Å². The largest absolute Gasteiger partial charge is 0.494 e. The van der Waals surface area contributed by atoms with Crippen LogP contribution in [0.25, 0.3) is 10.2 Å². The van der Waals surface area contributed by atoms with E-state index in [1.54, 1.807) is 36.3 Å². The Morgan fingerprint density at radius 1 is 1.00 bits per heavy atom. The second kappa shape index (κ2) is 12.7. The number of ether oxygens (including phenoxy) is 1. The molecule has 1 aromatic heterocycles. The maximum absolute atomic E-state index is 13.7. The molecule has 11 heteroatoms. The number of benzene rings is 2. The van der Waals surface area contributed by atoms with Crippen molar-refractivity contribution in [1.29, 1.82) is 0 Å². The predicted molar refractivity (Wildman–Crippen MR) is 156 cm³/mol. The Morgan fingerprint density at radius 2 is 1.61 bits per heavy atom. The minimum atomic E-state index is -3.69. The predicted octanol–water partition coefficient (Wildman–Crippen LogP) is 5.47. The average molecular weight is 581 g/mol. The van der Waals surface area contributed by atoms with Crippen LogP contribution < -0.4 is 9.64 Å². The van der Waals surface area contributed by atoms with Crippen LogP contribution in [0.5, 0.6) is 5.75 Å². The van der Waals surface area contributed by atoms with Crippen molar-refractivity contribution < 1.29 is 17.9 Å². The number of sulfonamides is 1. The Labute approximate surface area is 235 Å². The van der Waals surface area contributed by atoms with Crippen LogP contribution in [0.15, 0.2) is 41.3 Å². The zero-order chi connectivity index (χ0) is 28.2. The highest BCUT2D eigenvalue weighted by molar-refractivity contribution is 7.89. The summed E-state index contributed by atoms with van der Waals surface area (Å²) in [6, 6.07) is 9.67. The molecule has 0 unspecified atom stereocenters. The Bertz CT molecular complexity index is 1350. The second-order valence-corrected chi connectivity index (χ2v) is 13.6. The number of nitrogens with zero attached hydrogens (tertiary/aromatic N) is 4. The number of halogens is 1. The molecule has 0 saturated heterocycles. The minimum Gasteiger partial charge on any atom is -0.494 e. The number of hydrogen-bond acceptors (Lipinski definition) is 7. The Balaban J connectivity index is 1.97. The summed E-state index contributed by atoms with van der Waals surface area (Å²) in [7, 11) is 1.73. The summed E-state index contributed by atoms with van der Waals surface area (Å²) in [4.78, 5) is 22.2. The second-order valence-electron chi connectivity index (χ2n) is 10.3. The fourth-order valence-electron chi connectivity index (χ4n) is 3.97. The molecule has 0 aliphatic heterocycles. The maximum Gasteiger partial charge on any atom is 0.260 e. The first-order valence-corrected chi connectivity index (χ1v) is 15.2. The van der Waals surface area contributed by atoms with Crippen LogP contribution in [0.2, 0.25) is 5.02 Å². The molecule has 0 aliphatic carbocycles. The average Bonchev–Trinajstić information content (AvgIpc) is 3.29. The van der Waals surface area contributed by atoms with Gasteiger partial charge in [-0.2, -0.15) is 4.31 Å². The van der Waals surface area contributed by atoms with Gasteiger partial charge in [-0.05, 0) is 62.3 Å². The standard InChI is InChI=1S/C27H37ClN4O4S2/c1-18(2)16-31(17-19(3)4)38(34,35)21-10-8-20(9-11-21)26(33)32(15-14-30(5)6)27-29-24-23(36-7)13-12-22(28)25(24)37-27/h8-13,18-19H,14-17H2,1-7H3. The van der Waals surface area contributed by atoms with E-state index in [-0.39, 0.29) is 22.6 Å². The third kappa shape index (κ3) is 7.04. The Morgan fingerprint density at radius 3 is 2.13 bits per heavy atom. The van der Waals surface area contributed by atoms with Gasteiger partial charge >= 0.3 is 0 Å². The van der Waals surface area contributed by atoms with E-state index in [4.69, 9.17) is 21.3 Å². The van der Waals surface area contributed by atoms with Gasteiger partial charge in [0.2, 0.25) is 10.0 Å². The molecular formula is C27H37ClN4O4S2. The van der Waals surface area contributed by atoms with E-state index in [0.717, 1.165) is 4.70 Å². The van der Waals surface area contributed by atoms with Crippen molar-refractivity contribution in [2.45, 2.75) is 32.6 Å². The maximum atomic E-state index is 13.7. The van der Waals surface area contributed by atoms with Crippen LogP contribution in [0, 0.1) is 11.8 Å². The van der Waals surface area contributed by atoms with Crippen molar-refractivity contribution in [3.05, 3.63) is 47.0 Å². The number of aromatic nitrogens is 1. The highest BCUT2D eigenvalue weighted by Gasteiger charge is 2.27. The summed E-state index contributed by atoms with van der Waals surface area (Å²) < 4.78 is 34.5. The molecule has 1 amide bonds. The van der Waals surface area contributed by atoms with Crippen LogP contribution in [-0.4, -0.2) is 75.9 Å². The molecule has 0 aliphatic rings. The van der Waals surface area contributed by atoms with Gasteiger partial charge in [0.25, 0.3) is 5.91 Å². The fraction of sp³-hybridized carbons (Fsp3) is 0.481. The van der Waals surface area contributed by atoms with Gasteiger partial charge in [-0.15, -0.1) is 0 Å². The lowest BCUT2D eigenvalue weighted by Gasteiger charge is -2.26. The molecular weight excluding hydrogens is 544 g/mol. The molecule has 38 heavy (non-hydrogen) atoms. The molecule has 208 valence electrons. The quantitative estimate of drug-likeness (QED) is 0.282. The minimum absolute atomic E-state index is 0.173. The van der Waals surface area contributed by atoms with Crippen LogP contribution in [0.3, 0.4) is 0 Å². The molecule has 2 aromatic carbocycles. The lowest BCUT2D eigenvalue weighted by atomic mass is 10.2. The van der Waals surface area contributed by atoms with Crippen LogP contribution in [0.1, 0.15) is 38.1 Å². The molecule has 3 rings (SSSR count). The van der Waals surface area contributed by atoms with E-state index < -0.39 is 10.0 Å². The van der Waals surface area contributed by atoms with E-state index in [0.29, 0.717) is 53.2 Å². The number of carbonyl (C=O) groups is 1. The van der Waals surface area contributed by atoms with E-state index in [1.807, 2.05) is 46.7 Å². The number of carbonyl (C=O) groups excluding carboxylic acids is 1. The number of methoxy groups -OCH3 is 1. The number of rotatable bonds is 12. The first kappa shape index (κ1) is 30.3. The highest BCUT2D eigenvalue weighted by atomic mass is 35.5. The van der Waals surface area contributed by atoms with Crippen molar-refractivity contribution >= 4 is 54.2 Å². The Hall–Kier alpha value is -2.24. The van der Waals surface area contributed by atoms with Crippen molar-refractivity contribution in [3.8, 4) is 5.75 Å². The molecule has 0 atom stereocenters. The number of fused-ring (bicyclic) bond motifs is 1. The number of hydrogen-bond donors (Lipinski definition) is 0. The van der Waals surface area contributed by atoms with Gasteiger partial charge < -0.3 is 9.64 Å². The molecule has 3 aromatic rings. The SMILES string of the molecule is COc1ccc(Cl)c2sc(N(CCN(C)C)C(=O)c3ccc(S(=O)(=O)N(CC(C)C)CC(C)C)cc3)nc12. The molecule has 8 nitrogen and oxygen atoms in total. The van der Waals surface area contributed by atoms with Crippen molar-refractivity contribution in [3.63, 3.8) is 0 Å². The monoisotopic (exact) mass is 580 g/mol. The van der Waals surface area contributed by atoms with Gasteiger partial charge in [0.1, 0.15) is 11.3 Å². The number of anilines is 1. The third-order valence-electron chi connectivity index (χ3n) is 5.79. The molecule has 0 bridgehead atoms. The zero-order valence-corrected chi connectivity index (χ0v) is 25.5. The molecule has 1 heterocycles. The lowest BCUT2D eigenvalue weighted by Crippen LogP contribution is -2.37. The smallest absolute Gasteiger partial charge is 0.260 e. The number of likely N-dealkylation sites (N-methyl/N-ethyl adjacent to an activating group) is 1. The summed E-state index contributed by atoms with van der Waals surface area (Å²) >= 11 is 7.74. The summed E-state index contributed by atoms with van der Waals surface area (Å²) in [5.74, 6) is 0.686. The zero-order valence-electron chi connectivity index (χ0n) is 23.1. The topological polar surface area (TPSA) is 83.0 Å². The van der Waals surface area contributed by atoms with E-state index in [1.165, 1.54) is 27.8 Å². The van der Waals surface area contributed by atoms with Gasteiger partial charge in [-0.25, -0.2) is 13.4 Å². The highest BCUT2D eigenvalue weighted by Crippen LogP contribution is 2.39. The van der Waals surface area contributed by atoms with E-state index in [9.17, 15) is 13.2 Å². The fourth-order valence-corrected chi connectivity index (χ4v) is 7.01. The van der Waals surface area contributed by atoms with Crippen molar-refractivity contribution in [1.82, 2.24) is 14.2 Å². The van der Waals surface area contributed by atoms with E-state index in [2.05, 4.69) is 0 Å².